The molecule has 7 heteroatoms. The summed E-state index contributed by atoms with van der Waals surface area (Å²) < 4.78 is 29.4. The van der Waals surface area contributed by atoms with E-state index < -0.39 is 9.84 Å². The average Bonchev–Trinajstić information content (AvgIpc) is 3.04. The molecule has 1 aliphatic rings. The molecule has 2 aromatic rings. The lowest BCUT2D eigenvalue weighted by atomic mass is 10.0. The first kappa shape index (κ1) is 20.3. The van der Waals surface area contributed by atoms with Crippen LogP contribution in [0.4, 0.5) is 0 Å². The van der Waals surface area contributed by atoms with Crippen LogP contribution in [0, 0.1) is 0 Å². The van der Waals surface area contributed by atoms with Crippen molar-refractivity contribution in [3.05, 3.63) is 42.0 Å². The first-order valence-corrected chi connectivity index (χ1v) is 11.3. The molecule has 0 aliphatic carbocycles. The van der Waals surface area contributed by atoms with Crippen LogP contribution in [0.5, 0.6) is 5.75 Å². The van der Waals surface area contributed by atoms with Gasteiger partial charge in [-0.3, -0.25) is 9.59 Å². The monoisotopic (exact) mass is 403 g/mol. The van der Waals surface area contributed by atoms with Crippen molar-refractivity contribution in [1.82, 2.24) is 4.90 Å². The van der Waals surface area contributed by atoms with Crippen LogP contribution in [0.2, 0.25) is 0 Å². The van der Waals surface area contributed by atoms with Crippen LogP contribution < -0.4 is 4.74 Å². The lowest BCUT2D eigenvalue weighted by molar-refractivity contribution is -0.137. The highest BCUT2D eigenvalue weighted by atomic mass is 32.2. The summed E-state index contributed by atoms with van der Waals surface area (Å²) in [5, 5.41) is 1.68. The maximum Gasteiger partial charge on any atom is 0.261 e. The van der Waals surface area contributed by atoms with Gasteiger partial charge in [0.05, 0.1) is 17.1 Å². The number of ether oxygens (including phenoxy) is 1. The summed E-state index contributed by atoms with van der Waals surface area (Å²) in [6, 6.07) is 10.6. The van der Waals surface area contributed by atoms with Gasteiger partial charge in [0, 0.05) is 12.1 Å². The van der Waals surface area contributed by atoms with E-state index in [0.717, 1.165) is 23.5 Å². The molecule has 3 rings (SSSR count). The molecule has 6 nitrogen and oxygen atoms in total. The Morgan fingerprint density at radius 1 is 1.29 bits per heavy atom. The van der Waals surface area contributed by atoms with Gasteiger partial charge in [-0.05, 0) is 36.6 Å². The number of hydrogen-bond donors (Lipinski definition) is 0. The Bertz CT molecular complexity index is 985. The van der Waals surface area contributed by atoms with Crippen LogP contribution in [0.25, 0.3) is 10.8 Å². The van der Waals surface area contributed by atoms with Crippen LogP contribution >= 0.6 is 0 Å². The minimum absolute atomic E-state index is 0.00135. The van der Waals surface area contributed by atoms with Crippen molar-refractivity contribution in [2.45, 2.75) is 38.8 Å². The molecule has 0 aromatic heterocycles. The topological polar surface area (TPSA) is 80.8 Å². The minimum atomic E-state index is -3.10. The molecule has 0 saturated carbocycles. The highest BCUT2D eigenvalue weighted by Gasteiger charge is 2.36. The molecule has 1 amide bonds. The van der Waals surface area contributed by atoms with Crippen molar-refractivity contribution in [3.63, 3.8) is 0 Å². The van der Waals surface area contributed by atoms with E-state index in [0.29, 0.717) is 17.7 Å². The van der Waals surface area contributed by atoms with Crippen molar-refractivity contribution in [1.29, 1.82) is 0 Å². The largest absolute Gasteiger partial charge is 0.483 e. The number of carbonyl (C=O) groups excluding carboxylic acids is 2. The van der Waals surface area contributed by atoms with Gasteiger partial charge in [-0.1, -0.05) is 37.3 Å². The van der Waals surface area contributed by atoms with Crippen LogP contribution in [0.15, 0.2) is 36.4 Å². The summed E-state index contributed by atoms with van der Waals surface area (Å²) in [7, 11) is -3.10. The maximum absolute atomic E-state index is 12.9. The molecule has 0 spiro atoms. The van der Waals surface area contributed by atoms with E-state index in [2.05, 4.69) is 0 Å². The Morgan fingerprint density at radius 2 is 2.04 bits per heavy atom. The Morgan fingerprint density at radius 3 is 2.68 bits per heavy atom. The standard InChI is InChI=1S/C21H25NO5S/c1-3-15(2)22(17-10-11-28(25,26)14-17)21(24)13-27-20-9-8-16-6-4-5-7-18(16)19(20)12-23/h4-9,12,15,17H,3,10-11,13-14H2,1-2H3/t15-,17-/m0/s1. The number of carbonyl (C=O) groups is 2. The first-order chi connectivity index (χ1) is 13.4. The van der Waals surface area contributed by atoms with Gasteiger partial charge in [-0.15, -0.1) is 0 Å². The third kappa shape index (κ3) is 4.19. The van der Waals surface area contributed by atoms with E-state index >= 15 is 0 Å². The number of benzene rings is 2. The fourth-order valence-electron chi connectivity index (χ4n) is 3.74. The van der Waals surface area contributed by atoms with E-state index in [1.54, 1.807) is 11.0 Å². The number of aldehydes is 1. The summed E-state index contributed by atoms with van der Waals surface area (Å²) in [6.45, 7) is 3.64. The smallest absolute Gasteiger partial charge is 0.261 e. The van der Waals surface area contributed by atoms with Crippen molar-refractivity contribution in [2.75, 3.05) is 18.1 Å². The Hall–Kier alpha value is -2.41. The Kier molecular flexibility index (Phi) is 6.03. The van der Waals surface area contributed by atoms with Gasteiger partial charge < -0.3 is 9.64 Å². The van der Waals surface area contributed by atoms with Gasteiger partial charge in [-0.25, -0.2) is 8.42 Å². The van der Waals surface area contributed by atoms with Crippen molar-refractivity contribution in [2.24, 2.45) is 0 Å². The molecule has 0 radical (unpaired) electrons. The zero-order valence-corrected chi connectivity index (χ0v) is 16.9. The summed E-state index contributed by atoms with van der Waals surface area (Å²) in [5.74, 6) is 0.198. The second kappa shape index (κ2) is 8.31. The predicted octanol–water partition coefficient (Wildman–Crippen LogP) is 2.85. The summed E-state index contributed by atoms with van der Waals surface area (Å²) in [4.78, 5) is 26.2. The number of hydrogen-bond acceptors (Lipinski definition) is 5. The van der Waals surface area contributed by atoms with Crippen LogP contribution in [0.3, 0.4) is 0 Å². The number of amides is 1. The second-order valence-corrected chi connectivity index (χ2v) is 9.45. The molecule has 1 saturated heterocycles. The molecule has 2 atom stereocenters. The fraction of sp³-hybridized carbons (Fsp3) is 0.429. The number of rotatable bonds is 7. The second-order valence-electron chi connectivity index (χ2n) is 7.22. The quantitative estimate of drug-likeness (QED) is 0.664. The molecule has 0 bridgehead atoms. The van der Waals surface area contributed by atoms with Crippen LogP contribution in [-0.2, 0) is 14.6 Å². The molecule has 2 aromatic carbocycles. The molecular weight excluding hydrogens is 378 g/mol. The van der Waals surface area contributed by atoms with Crippen LogP contribution in [-0.4, -0.2) is 55.7 Å². The zero-order chi connectivity index (χ0) is 20.3. The summed E-state index contributed by atoms with van der Waals surface area (Å²) in [5.41, 5.74) is 0.407. The third-order valence-electron chi connectivity index (χ3n) is 5.36. The van der Waals surface area contributed by atoms with E-state index in [4.69, 9.17) is 4.74 Å². The van der Waals surface area contributed by atoms with Gasteiger partial charge in [0.2, 0.25) is 0 Å². The van der Waals surface area contributed by atoms with Gasteiger partial charge in [0.1, 0.15) is 5.75 Å². The average molecular weight is 404 g/mol. The minimum Gasteiger partial charge on any atom is -0.483 e. The molecule has 150 valence electrons. The highest BCUT2D eigenvalue weighted by molar-refractivity contribution is 7.91. The third-order valence-corrected chi connectivity index (χ3v) is 7.11. The Balaban J connectivity index is 1.79. The van der Waals surface area contributed by atoms with Gasteiger partial charge >= 0.3 is 0 Å². The predicted molar refractivity (Wildman–Crippen MR) is 108 cm³/mol. The first-order valence-electron chi connectivity index (χ1n) is 9.47. The van der Waals surface area contributed by atoms with Gasteiger partial charge in [0.25, 0.3) is 5.91 Å². The van der Waals surface area contributed by atoms with Gasteiger partial charge in [-0.2, -0.15) is 0 Å². The lowest BCUT2D eigenvalue weighted by Crippen LogP contribution is -2.48. The Labute approximate surface area is 165 Å². The van der Waals surface area contributed by atoms with Gasteiger partial charge in [0.15, 0.2) is 22.7 Å². The van der Waals surface area contributed by atoms with E-state index in [-0.39, 0.29) is 36.1 Å². The number of nitrogens with zero attached hydrogens (tertiary/aromatic N) is 1. The summed E-state index contributed by atoms with van der Waals surface area (Å²) in [6.07, 6.45) is 1.91. The molecule has 1 fully saturated rings. The SMILES string of the molecule is CC[C@H](C)N(C(=O)COc1ccc2ccccc2c1C=O)[C@H]1CCS(=O)(=O)C1. The van der Waals surface area contributed by atoms with Crippen molar-refractivity contribution in [3.8, 4) is 5.75 Å². The molecular formula is C21H25NO5S. The highest BCUT2D eigenvalue weighted by Crippen LogP contribution is 2.27. The molecule has 1 heterocycles. The molecule has 0 unspecified atom stereocenters. The number of sulfone groups is 1. The lowest BCUT2D eigenvalue weighted by Gasteiger charge is -2.33. The fourth-order valence-corrected chi connectivity index (χ4v) is 5.45. The normalized spacial score (nSPS) is 19.3. The molecule has 28 heavy (non-hydrogen) atoms. The number of fused-ring (bicyclic) bond motifs is 1. The molecule has 0 N–H and O–H groups in total. The van der Waals surface area contributed by atoms with Crippen molar-refractivity contribution < 1.29 is 22.7 Å². The molecule has 1 aliphatic heterocycles. The van der Waals surface area contributed by atoms with Crippen LogP contribution in [0.1, 0.15) is 37.0 Å². The maximum atomic E-state index is 12.9. The van der Waals surface area contributed by atoms with E-state index in [1.165, 1.54) is 0 Å². The zero-order valence-electron chi connectivity index (χ0n) is 16.1. The van der Waals surface area contributed by atoms with E-state index in [1.807, 2.05) is 44.2 Å². The summed E-state index contributed by atoms with van der Waals surface area (Å²) >= 11 is 0. The van der Waals surface area contributed by atoms with E-state index in [9.17, 15) is 18.0 Å². The van der Waals surface area contributed by atoms with Crippen molar-refractivity contribution >= 4 is 32.8 Å².